The number of benzene rings is 1. The Morgan fingerprint density at radius 1 is 1.38 bits per heavy atom. The van der Waals surface area contributed by atoms with E-state index in [4.69, 9.17) is 5.73 Å². The highest BCUT2D eigenvalue weighted by molar-refractivity contribution is 5.68. The highest BCUT2D eigenvalue weighted by Gasteiger charge is 2.13. The van der Waals surface area contributed by atoms with E-state index in [-0.39, 0.29) is 5.69 Å². The topological polar surface area (TPSA) is 60.2 Å². The molecule has 4 nitrogen and oxygen atoms in total. The number of alkyl halides is 2. The number of aryl methyl sites for hydroxylation is 1. The standard InChI is InChI=1S/C14H14F3N3O/c1-8-3-2-4-19-12(8)7-20-11-6-13(21-14(16)17)9(15)5-10(11)18/h2-6,14,20H,7,18H2,1H3. The Balaban J connectivity index is 2.18. The van der Waals surface area contributed by atoms with Crippen LogP contribution < -0.4 is 15.8 Å². The van der Waals surface area contributed by atoms with Crippen LogP contribution in [-0.2, 0) is 6.54 Å². The van der Waals surface area contributed by atoms with Crippen molar-refractivity contribution in [2.45, 2.75) is 20.1 Å². The number of nitrogen functional groups attached to an aromatic ring is 1. The van der Waals surface area contributed by atoms with Gasteiger partial charge in [-0.25, -0.2) is 4.39 Å². The van der Waals surface area contributed by atoms with Crippen LogP contribution in [0.2, 0.25) is 0 Å². The van der Waals surface area contributed by atoms with Crippen LogP contribution in [0.1, 0.15) is 11.3 Å². The van der Waals surface area contributed by atoms with E-state index in [2.05, 4.69) is 15.0 Å². The van der Waals surface area contributed by atoms with Gasteiger partial charge in [-0.2, -0.15) is 8.78 Å². The zero-order valence-corrected chi connectivity index (χ0v) is 11.2. The second-order valence-electron chi connectivity index (χ2n) is 4.37. The van der Waals surface area contributed by atoms with Gasteiger partial charge < -0.3 is 15.8 Å². The van der Waals surface area contributed by atoms with Crippen molar-refractivity contribution in [1.29, 1.82) is 0 Å². The van der Waals surface area contributed by atoms with Crippen LogP contribution in [0.3, 0.4) is 0 Å². The summed E-state index contributed by atoms with van der Waals surface area (Å²) in [7, 11) is 0. The molecule has 2 rings (SSSR count). The summed E-state index contributed by atoms with van der Waals surface area (Å²) >= 11 is 0. The average Bonchev–Trinajstić information content (AvgIpc) is 2.41. The predicted molar refractivity (Wildman–Crippen MR) is 73.7 cm³/mol. The van der Waals surface area contributed by atoms with E-state index in [1.165, 1.54) is 0 Å². The van der Waals surface area contributed by atoms with Gasteiger partial charge in [0.05, 0.1) is 23.6 Å². The molecule has 0 saturated carbocycles. The number of aromatic nitrogens is 1. The molecule has 1 heterocycles. The molecular formula is C14H14F3N3O. The Morgan fingerprint density at radius 2 is 2.14 bits per heavy atom. The second kappa shape index (κ2) is 6.34. The molecule has 0 amide bonds. The zero-order chi connectivity index (χ0) is 15.4. The number of ether oxygens (including phenoxy) is 1. The molecule has 112 valence electrons. The molecule has 0 saturated heterocycles. The smallest absolute Gasteiger partial charge is 0.387 e. The molecule has 0 spiro atoms. The quantitative estimate of drug-likeness (QED) is 0.831. The number of anilines is 2. The maximum atomic E-state index is 13.4. The first-order chi connectivity index (χ1) is 9.97. The van der Waals surface area contributed by atoms with Crippen LogP contribution in [0.15, 0.2) is 30.5 Å². The summed E-state index contributed by atoms with van der Waals surface area (Å²) in [6.45, 7) is -0.881. The van der Waals surface area contributed by atoms with Crippen molar-refractivity contribution in [3.05, 3.63) is 47.5 Å². The van der Waals surface area contributed by atoms with Crippen LogP contribution in [-0.4, -0.2) is 11.6 Å². The van der Waals surface area contributed by atoms with Crippen LogP contribution in [0.5, 0.6) is 5.75 Å². The lowest BCUT2D eigenvalue weighted by Crippen LogP contribution is -2.08. The van der Waals surface area contributed by atoms with Gasteiger partial charge in [0.2, 0.25) is 0 Å². The van der Waals surface area contributed by atoms with Crippen molar-refractivity contribution >= 4 is 11.4 Å². The number of hydrogen-bond donors (Lipinski definition) is 2. The molecule has 21 heavy (non-hydrogen) atoms. The van der Waals surface area contributed by atoms with Crippen molar-refractivity contribution < 1.29 is 17.9 Å². The molecule has 0 radical (unpaired) electrons. The summed E-state index contributed by atoms with van der Waals surface area (Å²) in [4.78, 5) is 4.18. The first-order valence-corrected chi connectivity index (χ1v) is 6.15. The minimum Gasteiger partial charge on any atom is -0.432 e. The Kier molecular flexibility index (Phi) is 4.52. The molecule has 1 aromatic heterocycles. The van der Waals surface area contributed by atoms with Gasteiger partial charge in [-0.15, -0.1) is 0 Å². The number of nitrogens with one attached hydrogen (secondary N) is 1. The second-order valence-corrected chi connectivity index (χ2v) is 4.37. The molecule has 0 fully saturated rings. The van der Waals surface area contributed by atoms with Crippen molar-refractivity contribution in [1.82, 2.24) is 4.98 Å². The number of pyridine rings is 1. The van der Waals surface area contributed by atoms with Crippen molar-refractivity contribution in [3.8, 4) is 5.75 Å². The molecule has 0 aliphatic heterocycles. The van der Waals surface area contributed by atoms with Gasteiger partial charge in [-0.3, -0.25) is 4.98 Å². The minimum atomic E-state index is -3.10. The molecule has 7 heteroatoms. The van der Waals surface area contributed by atoms with E-state index in [1.807, 2.05) is 13.0 Å². The molecule has 0 bridgehead atoms. The number of halogens is 3. The van der Waals surface area contributed by atoms with Gasteiger partial charge in [0.25, 0.3) is 0 Å². The fourth-order valence-electron chi connectivity index (χ4n) is 1.79. The van der Waals surface area contributed by atoms with Crippen LogP contribution in [0.4, 0.5) is 24.5 Å². The molecule has 0 atom stereocenters. The summed E-state index contributed by atoms with van der Waals surface area (Å²) in [5.41, 5.74) is 7.80. The zero-order valence-electron chi connectivity index (χ0n) is 11.2. The Hall–Kier alpha value is -2.44. The molecule has 3 N–H and O–H groups in total. The van der Waals surface area contributed by atoms with Gasteiger partial charge in [0, 0.05) is 18.3 Å². The van der Waals surface area contributed by atoms with Gasteiger partial charge in [0.15, 0.2) is 11.6 Å². The monoisotopic (exact) mass is 297 g/mol. The first-order valence-electron chi connectivity index (χ1n) is 6.15. The van der Waals surface area contributed by atoms with E-state index in [9.17, 15) is 13.2 Å². The lowest BCUT2D eigenvalue weighted by atomic mass is 10.2. The highest BCUT2D eigenvalue weighted by atomic mass is 19.3. The molecular weight excluding hydrogens is 283 g/mol. The van der Waals surface area contributed by atoms with E-state index < -0.39 is 18.2 Å². The third-order valence-corrected chi connectivity index (χ3v) is 2.88. The van der Waals surface area contributed by atoms with Gasteiger partial charge >= 0.3 is 6.61 Å². The fourth-order valence-corrected chi connectivity index (χ4v) is 1.79. The first kappa shape index (κ1) is 15.0. The molecule has 0 unspecified atom stereocenters. The molecule has 2 aromatic rings. The lowest BCUT2D eigenvalue weighted by molar-refractivity contribution is -0.0521. The highest BCUT2D eigenvalue weighted by Crippen LogP contribution is 2.29. The Bertz CT molecular complexity index is 635. The Morgan fingerprint density at radius 3 is 2.81 bits per heavy atom. The summed E-state index contributed by atoms with van der Waals surface area (Å²) in [6, 6.07) is 5.74. The maximum Gasteiger partial charge on any atom is 0.387 e. The fraction of sp³-hybridized carbons (Fsp3) is 0.214. The van der Waals surface area contributed by atoms with Crippen molar-refractivity contribution in [3.63, 3.8) is 0 Å². The summed E-state index contributed by atoms with van der Waals surface area (Å²) in [5, 5.41) is 2.93. The van der Waals surface area contributed by atoms with Gasteiger partial charge in [-0.05, 0) is 18.6 Å². The molecule has 0 aliphatic rings. The van der Waals surface area contributed by atoms with Gasteiger partial charge in [0.1, 0.15) is 0 Å². The largest absolute Gasteiger partial charge is 0.432 e. The van der Waals surface area contributed by atoms with Crippen molar-refractivity contribution in [2.24, 2.45) is 0 Å². The van der Waals surface area contributed by atoms with E-state index in [0.29, 0.717) is 12.2 Å². The van der Waals surface area contributed by atoms with Crippen LogP contribution >= 0.6 is 0 Å². The summed E-state index contributed by atoms with van der Waals surface area (Å²) in [5.74, 6) is -1.49. The van der Waals surface area contributed by atoms with Crippen molar-refractivity contribution in [2.75, 3.05) is 11.1 Å². The Labute approximate surface area is 119 Å². The predicted octanol–water partition coefficient (Wildman–Crippen LogP) is 3.32. The third-order valence-electron chi connectivity index (χ3n) is 2.88. The summed E-state index contributed by atoms with van der Waals surface area (Å²) < 4.78 is 41.9. The van der Waals surface area contributed by atoms with Crippen LogP contribution in [0.25, 0.3) is 0 Å². The SMILES string of the molecule is Cc1cccnc1CNc1cc(OC(F)F)c(F)cc1N. The number of nitrogens with zero attached hydrogens (tertiary/aromatic N) is 1. The third kappa shape index (κ3) is 3.77. The lowest BCUT2D eigenvalue weighted by Gasteiger charge is -2.13. The molecule has 1 aromatic carbocycles. The number of nitrogens with two attached hydrogens (primary N) is 1. The normalized spacial score (nSPS) is 10.7. The maximum absolute atomic E-state index is 13.4. The minimum absolute atomic E-state index is 0.0997. The van der Waals surface area contributed by atoms with E-state index in [1.54, 1.807) is 12.3 Å². The average molecular weight is 297 g/mol. The number of rotatable bonds is 5. The van der Waals surface area contributed by atoms with Crippen LogP contribution in [0, 0.1) is 12.7 Å². The number of hydrogen-bond acceptors (Lipinski definition) is 4. The van der Waals surface area contributed by atoms with Gasteiger partial charge in [-0.1, -0.05) is 6.07 Å². The van der Waals surface area contributed by atoms with E-state index >= 15 is 0 Å². The molecule has 0 aliphatic carbocycles. The summed E-state index contributed by atoms with van der Waals surface area (Å²) in [6.07, 6.45) is 1.64. The van der Waals surface area contributed by atoms with E-state index in [0.717, 1.165) is 23.4 Å².